The van der Waals surface area contributed by atoms with Crippen LogP contribution in [0.5, 0.6) is 5.75 Å². The molecule has 31 heavy (non-hydrogen) atoms. The molecule has 1 aromatic rings. The summed E-state index contributed by atoms with van der Waals surface area (Å²) in [5, 5.41) is 13.1. The molecule has 1 aliphatic heterocycles. The van der Waals surface area contributed by atoms with Gasteiger partial charge >= 0.3 is 13.2 Å². The lowest BCUT2D eigenvalue weighted by Gasteiger charge is -2.32. The van der Waals surface area contributed by atoms with Crippen LogP contribution >= 0.6 is 0 Å². The summed E-state index contributed by atoms with van der Waals surface area (Å²) in [5.74, 6) is 0.258. The summed E-state index contributed by atoms with van der Waals surface area (Å²) in [5.41, 5.74) is 0.676. The van der Waals surface area contributed by atoms with Gasteiger partial charge in [0.25, 0.3) is 0 Å². The Morgan fingerprint density at radius 1 is 1.10 bits per heavy atom. The van der Waals surface area contributed by atoms with Gasteiger partial charge in [0.1, 0.15) is 11.4 Å². The zero-order chi connectivity index (χ0) is 23.8. The second kappa shape index (κ2) is 8.51. The molecule has 1 saturated heterocycles. The van der Waals surface area contributed by atoms with E-state index in [0.717, 1.165) is 16.6 Å². The van der Waals surface area contributed by atoms with Crippen LogP contribution in [-0.2, 0) is 19.5 Å². The number of alkyl carbamates (subject to hydrolysis) is 1. The van der Waals surface area contributed by atoms with Crippen LogP contribution in [0, 0.1) is 0 Å². The third-order valence-corrected chi connectivity index (χ3v) is 5.57. The van der Waals surface area contributed by atoms with E-state index in [2.05, 4.69) is 26.1 Å². The van der Waals surface area contributed by atoms with Crippen LogP contribution < -0.4 is 5.32 Å². The van der Waals surface area contributed by atoms with Gasteiger partial charge in [-0.2, -0.15) is 0 Å². The number of hydrogen-bond acceptors (Lipinski definition) is 5. The van der Waals surface area contributed by atoms with Crippen molar-refractivity contribution in [2.45, 2.75) is 91.5 Å². The second-order valence-electron chi connectivity index (χ2n) is 11.2. The second-order valence-corrected chi connectivity index (χ2v) is 11.2. The summed E-state index contributed by atoms with van der Waals surface area (Å²) in [6.45, 7) is 19.8. The van der Waals surface area contributed by atoms with E-state index < -0.39 is 30.0 Å². The molecule has 0 radical (unpaired) electrons. The van der Waals surface area contributed by atoms with Crippen LogP contribution in [0.25, 0.3) is 6.08 Å². The Hall–Kier alpha value is -1.99. The predicted molar refractivity (Wildman–Crippen MR) is 125 cm³/mol. The number of carbonyl (C=O) groups excluding carboxylic acids is 1. The molecule has 1 aliphatic rings. The first-order valence-electron chi connectivity index (χ1n) is 10.8. The maximum atomic E-state index is 12.2. The van der Waals surface area contributed by atoms with Crippen LogP contribution in [-0.4, -0.2) is 41.7 Å². The average Bonchev–Trinajstić information content (AvgIpc) is 2.78. The van der Waals surface area contributed by atoms with Crippen LogP contribution in [0.2, 0.25) is 0 Å². The summed E-state index contributed by atoms with van der Waals surface area (Å²) in [7, 11) is -0.619. The number of phenolic OH excluding ortho intramolecular Hbond substituents is 1. The predicted octanol–water partition coefficient (Wildman–Crippen LogP) is 5.23. The molecule has 0 aromatic heterocycles. The summed E-state index contributed by atoms with van der Waals surface area (Å²) >= 11 is 0. The number of rotatable bonds is 4. The molecule has 1 amide bonds. The van der Waals surface area contributed by atoms with E-state index in [4.69, 9.17) is 14.0 Å². The quantitative estimate of drug-likeness (QED) is 0.639. The highest BCUT2D eigenvalue weighted by Crippen LogP contribution is 2.39. The van der Waals surface area contributed by atoms with Crippen molar-refractivity contribution in [3.8, 4) is 5.75 Å². The van der Waals surface area contributed by atoms with Crippen molar-refractivity contribution in [3.05, 3.63) is 34.8 Å². The standard InChI is InChI=1S/C24H38BNO5/c1-21(2,3)18-14-16(11-12-19(18)27)13-17(15-26-20(28)29-22(4,5)6)25-30-23(7,8)24(9,10)31-25/h11-14,27H,15H2,1-10H3,(H,26,28). The molecule has 0 unspecified atom stereocenters. The number of hydrogen-bond donors (Lipinski definition) is 2. The van der Waals surface area contributed by atoms with Crippen molar-refractivity contribution in [3.63, 3.8) is 0 Å². The van der Waals surface area contributed by atoms with Crippen LogP contribution in [0.4, 0.5) is 4.79 Å². The highest BCUT2D eigenvalue weighted by atomic mass is 16.7. The lowest BCUT2D eigenvalue weighted by Crippen LogP contribution is -2.41. The molecule has 6 nitrogen and oxygen atoms in total. The van der Waals surface area contributed by atoms with Gasteiger partial charge in [-0.1, -0.05) is 32.9 Å². The zero-order valence-corrected chi connectivity index (χ0v) is 20.7. The molecule has 7 heteroatoms. The SMILES string of the molecule is CC(C)(C)OC(=O)NCC(=Cc1ccc(O)c(C(C)(C)C)c1)B1OC(C)(C)C(C)(C)O1. The maximum absolute atomic E-state index is 12.2. The number of benzene rings is 1. The van der Waals surface area contributed by atoms with Gasteiger partial charge in [0.05, 0.1) is 11.2 Å². The Morgan fingerprint density at radius 2 is 1.65 bits per heavy atom. The molecule has 0 atom stereocenters. The van der Waals surface area contributed by atoms with E-state index in [0.29, 0.717) is 0 Å². The monoisotopic (exact) mass is 431 g/mol. The molecule has 2 N–H and O–H groups in total. The normalized spacial score (nSPS) is 18.8. The van der Waals surface area contributed by atoms with Crippen molar-refractivity contribution in [2.24, 2.45) is 0 Å². The van der Waals surface area contributed by atoms with Gasteiger partial charge in [0, 0.05) is 6.54 Å². The van der Waals surface area contributed by atoms with Crippen LogP contribution in [0.15, 0.2) is 23.7 Å². The van der Waals surface area contributed by atoms with Crippen LogP contribution in [0.3, 0.4) is 0 Å². The molecular weight excluding hydrogens is 393 g/mol. The minimum Gasteiger partial charge on any atom is -0.508 e. The Kier molecular flexibility index (Phi) is 6.94. The van der Waals surface area contributed by atoms with Gasteiger partial charge in [-0.15, -0.1) is 0 Å². The fraction of sp³-hybridized carbons (Fsp3) is 0.625. The Balaban J connectivity index is 2.37. The molecule has 1 fully saturated rings. The fourth-order valence-electron chi connectivity index (χ4n) is 3.14. The Bertz CT molecular complexity index is 831. The number of ether oxygens (including phenoxy) is 1. The summed E-state index contributed by atoms with van der Waals surface area (Å²) in [4.78, 5) is 12.2. The Morgan fingerprint density at radius 3 is 2.13 bits per heavy atom. The maximum Gasteiger partial charge on any atom is 0.492 e. The molecule has 0 aliphatic carbocycles. The molecule has 0 saturated carbocycles. The lowest BCUT2D eigenvalue weighted by atomic mass is 9.76. The molecule has 172 valence electrons. The first-order valence-corrected chi connectivity index (χ1v) is 10.8. The molecule has 0 bridgehead atoms. The van der Waals surface area contributed by atoms with Crippen molar-refractivity contribution >= 4 is 19.3 Å². The lowest BCUT2D eigenvalue weighted by molar-refractivity contribution is 0.00578. The summed E-state index contributed by atoms with van der Waals surface area (Å²) in [6.07, 6.45) is 1.43. The zero-order valence-electron chi connectivity index (χ0n) is 20.7. The van der Waals surface area contributed by atoms with Crippen molar-refractivity contribution in [1.82, 2.24) is 5.32 Å². The van der Waals surface area contributed by atoms with Crippen molar-refractivity contribution in [1.29, 1.82) is 0 Å². The van der Waals surface area contributed by atoms with Gasteiger partial charge < -0.3 is 24.5 Å². The van der Waals surface area contributed by atoms with Crippen molar-refractivity contribution in [2.75, 3.05) is 6.54 Å². The van der Waals surface area contributed by atoms with E-state index in [9.17, 15) is 9.90 Å². The number of nitrogens with one attached hydrogen (secondary N) is 1. The van der Waals surface area contributed by atoms with E-state index in [1.807, 2.05) is 66.7 Å². The van der Waals surface area contributed by atoms with Gasteiger partial charge in [-0.25, -0.2) is 4.79 Å². The Labute approximate surface area is 187 Å². The van der Waals surface area contributed by atoms with Gasteiger partial charge in [-0.05, 0) is 82.6 Å². The third kappa shape index (κ3) is 6.50. The molecule has 0 spiro atoms. The third-order valence-electron chi connectivity index (χ3n) is 5.57. The van der Waals surface area contributed by atoms with Gasteiger partial charge in [0.15, 0.2) is 0 Å². The number of aromatic hydroxyl groups is 1. The highest BCUT2D eigenvalue weighted by molar-refractivity contribution is 6.56. The van der Waals surface area contributed by atoms with E-state index >= 15 is 0 Å². The minimum atomic E-state index is -0.619. The van der Waals surface area contributed by atoms with E-state index in [1.54, 1.807) is 6.07 Å². The van der Waals surface area contributed by atoms with E-state index in [-0.39, 0.29) is 17.7 Å². The van der Waals surface area contributed by atoms with Crippen LogP contribution in [0.1, 0.15) is 80.4 Å². The molecule has 1 aromatic carbocycles. The van der Waals surface area contributed by atoms with Gasteiger partial charge in [0.2, 0.25) is 0 Å². The molecular formula is C24H38BNO5. The average molecular weight is 431 g/mol. The number of carbonyl (C=O) groups is 1. The fourth-order valence-corrected chi connectivity index (χ4v) is 3.14. The van der Waals surface area contributed by atoms with Crippen molar-refractivity contribution < 1.29 is 23.9 Å². The highest BCUT2D eigenvalue weighted by Gasteiger charge is 2.52. The van der Waals surface area contributed by atoms with E-state index in [1.165, 1.54) is 0 Å². The van der Waals surface area contributed by atoms with Gasteiger partial charge in [-0.3, -0.25) is 0 Å². The summed E-state index contributed by atoms with van der Waals surface area (Å²) < 4.78 is 17.8. The number of amides is 1. The first kappa shape index (κ1) is 25.3. The molecule has 1 heterocycles. The summed E-state index contributed by atoms with van der Waals surface area (Å²) in [6, 6.07) is 5.48. The largest absolute Gasteiger partial charge is 0.508 e. The number of phenols is 1. The minimum absolute atomic E-state index is 0.206. The first-order chi connectivity index (χ1) is 13.9. The smallest absolute Gasteiger partial charge is 0.492 e. The topological polar surface area (TPSA) is 77.0 Å². The molecule has 2 rings (SSSR count).